The van der Waals surface area contributed by atoms with Gasteiger partial charge in [0.15, 0.2) is 0 Å². The van der Waals surface area contributed by atoms with Gasteiger partial charge in [-0.2, -0.15) is 13.2 Å². The van der Waals surface area contributed by atoms with E-state index < -0.39 is 12.0 Å². The molecule has 0 bridgehead atoms. The molecule has 0 fully saturated rings. The quantitative estimate of drug-likeness (QED) is 0.632. The highest BCUT2D eigenvalue weighted by Gasteiger charge is 2.37. The lowest BCUT2D eigenvalue weighted by Crippen LogP contribution is -2.36. The molecule has 0 atom stereocenters. The van der Waals surface area contributed by atoms with Crippen molar-refractivity contribution in [3.8, 4) is 5.75 Å². The van der Waals surface area contributed by atoms with Gasteiger partial charge in [0.1, 0.15) is 11.5 Å². The van der Waals surface area contributed by atoms with Crippen LogP contribution in [0.3, 0.4) is 0 Å². The van der Waals surface area contributed by atoms with E-state index in [0.29, 0.717) is 23.6 Å². The smallest absolute Gasteiger partial charge is 0.449 e. The fourth-order valence-electron chi connectivity index (χ4n) is 2.01. The predicted molar refractivity (Wildman–Crippen MR) is 92.8 cm³/mol. The molecule has 1 aliphatic rings. The van der Waals surface area contributed by atoms with Crippen LogP contribution in [-0.4, -0.2) is 36.2 Å². The number of alkyl halides is 3. The van der Waals surface area contributed by atoms with Crippen LogP contribution in [0.5, 0.6) is 5.75 Å². The Labute approximate surface area is 144 Å². The average Bonchev–Trinajstić information content (AvgIpc) is 2.84. The van der Waals surface area contributed by atoms with Crippen LogP contribution in [0.2, 0.25) is 0 Å². The topological polar surface area (TPSA) is 48.7 Å². The summed E-state index contributed by atoms with van der Waals surface area (Å²) in [6, 6.07) is 6.91. The first-order valence-electron chi connectivity index (χ1n) is 7.64. The van der Waals surface area contributed by atoms with Crippen LogP contribution in [-0.2, 0) is 0 Å². The summed E-state index contributed by atoms with van der Waals surface area (Å²) in [7, 11) is 0. The predicted octanol–water partition coefficient (Wildman–Crippen LogP) is 4.42. The molecule has 25 heavy (non-hydrogen) atoms. The SMILES string of the molecule is CCN(/C=C/c1ccc(OC2=CC=CC=NC2)cc1)C(=N)C(F)(F)F. The molecule has 1 aliphatic heterocycles. The molecule has 1 aromatic carbocycles. The molecule has 0 spiro atoms. The number of nitrogens with one attached hydrogen (secondary N) is 1. The average molecular weight is 349 g/mol. The fraction of sp³-hybridized carbons (Fsp3) is 0.222. The molecule has 2 rings (SSSR count). The summed E-state index contributed by atoms with van der Waals surface area (Å²) >= 11 is 0. The monoisotopic (exact) mass is 349 g/mol. The summed E-state index contributed by atoms with van der Waals surface area (Å²) in [6.45, 7) is 2.05. The number of amidine groups is 1. The second-order valence-electron chi connectivity index (χ2n) is 5.13. The summed E-state index contributed by atoms with van der Waals surface area (Å²) in [5.74, 6) is -0.0755. The minimum atomic E-state index is -4.67. The molecule has 1 aromatic rings. The molecule has 0 unspecified atom stereocenters. The van der Waals surface area contributed by atoms with Gasteiger partial charge in [0.05, 0.1) is 6.54 Å². The van der Waals surface area contributed by atoms with E-state index in [1.165, 1.54) is 12.3 Å². The normalized spacial score (nSPS) is 14.3. The van der Waals surface area contributed by atoms with Crippen LogP contribution in [0.25, 0.3) is 6.08 Å². The first-order chi connectivity index (χ1) is 11.9. The first-order valence-corrected chi connectivity index (χ1v) is 7.64. The highest BCUT2D eigenvalue weighted by Crippen LogP contribution is 2.20. The van der Waals surface area contributed by atoms with Crippen molar-refractivity contribution >= 4 is 18.1 Å². The van der Waals surface area contributed by atoms with E-state index in [1.807, 2.05) is 18.2 Å². The van der Waals surface area contributed by atoms with Crippen molar-refractivity contribution in [3.05, 3.63) is 60.0 Å². The standard InChI is InChI=1S/C18H18F3N3O/c1-2-24(17(22)18(19,20)21)12-10-14-6-8-15(9-7-14)25-16-5-3-4-11-23-13-16/h3-12,22H,2,13H2,1H3/b12-10+,22-17?. The van der Waals surface area contributed by atoms with Crippen LogP contribution < -0.4 is 4.74 Å². The first kappa shape index (κ1) is 18.5. The van der Waals surface area contributed by atoms with Gasteiger partial charge in [-0.05, 0) is 42.8 Å². The fourth-order valence-corrected chi connectivity index (χ4v) is 2.01. The third kappa shape index (κ3) is 5.63. The number of allylic oxidation sites excluding steroid dienone is 3. The van der Waals surface area contributed by atoms with E-state index in [-0.39, 0.29) is 6.54 Å². The van der Waals surface area contributed by atoms with Crippen molar-refractivity contribution in [1.82, 2.24) is 4.90 Å². The van der Waals surface area contributed by atoms with Crippen molar-refractivity contribution in [3.63, 3.8) is 0 Å². The highest BCUT2D eigenvalue weighted by atomic mass is 19.4. The minimum Gasteiger partial charge on any atom is -0.460 e. The van der Waals surface area contributed by atoms with E-state index in [4.69, 9.17) is 10.1 Å². The lowest BCUT2D eigenvalue weighted by Gasteiger charge is -2.20. The Morgan fingerprint density at radius 3 is 2.64 bits per heavy atom. The van der Waals surface area contributed by atoms with Gasteiger partial charge < -0.3 is 9.64 Å². The molecular formula is C18H18F3N3O. The van der Waals surface area contributed by atoms with Crippen molar-refractivity contribution in [2.45, 2.75) is 13.1 Å². The molecule has 1 heterocycles. The zero-order valence-electron chi connectivity index (χ0n) is 13.6. The van der Waals surface area contributed by atoms with E-state index >= 15 is 0 Å². The Morgan fingerprint density at radius 2 is 2.00 bits per heavy atom. The third-order valence-electron chi connectivity index (χ3n) is 3.30. The van der Waals surface area contributed by atoms with Gasteiger partial charge in [-0.1, -0.05) is 18.2 Å². The Bertz CT molecular complexity index is 716. The van der Waals surface area contributed by atoms with Crippen LogP contribution >= 0.6 is 0 Å². The Balaban J connectivity index is 2.02. The van der Waals surface area contributed by atoms with Crippen molar-refractivity contribution in [2.24, 2.45) is 4.99 Å². The number of ether oxygens (including phenoxy) is 1. The van der Waals surface area contributed by atoms with Gasteiger partial charge in [-0.3, -0.25) is 10.4 Å². The number of halogens is 3. The number of hydrogen-bond donors (Lipinski definition) is 1. The van der Waals surface area contributed by atoms with Crippen molar-refractivity contribution in [1.29, 1.82) is 5.41 Å². The summed E-state index contributed by atoms with van der Waals surface area (Å²) in [5.41, 5.74) is 0.702. The second-order valence-corrected chi connectivity index (χ2v) is 5.13. The van der Waals surface area contributed by atoms with Gasteiger partial charge in [0.25, 0.3) is 0 Å². The molecule has 0 saturated heterocycles. The number of aliphatic imine (C=N–C) groups is 1. The molecule has 0 aromatic heterocycles. The Morgan fingerprint density at radius 1 is 1.28 bits per heavy atom. The molecule has 0 aliphatic carbocycles. The highest BCUT2D eigenvalue weighted by molar-refractivity contribution is 5.86. The molecule has 1 N–H and O–H groups in total. The van der Waals surface area contributed by atoms with Gasteiger partial charge >= 0.3 is 6.18 Å². The summed E-state index contributed by atoms with van der Waals surface area (Å²) in [6.07, 6.45) is 5.26. The zero-order chi connectivity index (χ0) is 18.3. The maximum atomic E-state index is 12.6. The maximum Gasteiger partial charge on any atom is 0.449 e. The summed E-state index contributed by atoms with van der Waals surface area (Å²) < 4.78 is 43.4. The van der Waals surface area contributed by atoms with Gasteiger partial charge in [0.2, 0.25) is 5.84 Å². The van der Waals surface area contributed by atoms with Crippen LogP contribution in [0.4, 0.5) is 13.2 Å². The molecule has 0 radical (unpaired) electrons. The third-order valence-corrected chi connectivity index (χ3v) is 3.30. The minimum absolute atomic E-state index is 0.0538. The number of hydrogen-bond acceptors (Lipinski definition) is 3. The zero-order valence-corrected chi connectivity index (χ0v) is 13.6. The van der Waals surface area contributed by atoms with E-state index in [0.717, 1.165) is 4.90 Å². The molecular weight excluding hydrogens is 331 g/mol. The lowest BCUT2D eigenvalue weighted by molar-refractivity contribution is -0.0676. The molecule has 0 saturated carbocycles. The van der Waals surface area contributed by atoms with Gasteiger partial charge in [-0.15, -0.1) is 0 Å². The van der Waals surface area contributed by atoms with Crippen molar-refractivity contribution in [2.75, 3.05) is 13.1 Å². The van der Waals surface area contributed by atoms with Crippen LogP contribution in [0, 0.1) is 5.41 Å². The second kappa shape index (κ2) is 8.32. The molecule has 132 valence electrons. The van der Waals surface area contributed by atoms with E-state index in [2.05, 4.69) is 4.99 Å². The van der Waals surface area contributed by atoms with Gasteiger partial charge in [0, 0.05) is 19.0 Å². The molecule has 7 heteroatoms. The largest absolute Gasteiger partial charge is 0.460 e. The van der Waals surface area contributed by atoms with Gasteiger partial charge in [-0.25, -0.2) is 0 Å². The number of benzene rings is 1. The molecule has 0 amide bonds. The lowest BCUT2D eigenvalue weighted by atomic mass is 10.2. The van der Waals surface area contributed by atoms with Crippen LogP contribution in [0.1, 0.15) is 12.5 Å². The molecule has 4 nitrogen and oxygen atoms in total. The van der Waals surface area contributed by atoms with Crippen LogP contribution in [0.15, 0.2) is 59.4 Å². The van der Waals surface area contributed by atoms with E-state index in [9.17, 15) is 13.2 Å². The Hall–Kier alpha value is -2.83. The maximum absolute atomic E-state index is 12.6. The summed E-state index contributed by atoms with van der Waals surface area (Å²) in [4.78, 5) is 4.97. The van der Waals surface area contributed by atoms with E-state index in [1.54, 1.807) is 37.4 Å². The number of rotatable bonds is 5. The Kier molecular flexibility index (Phi) is 6.16. The van der Waals surface area contributed by atoms with Crippen molar-refractivity contribution < 1.29 is 17.9 Å². The number of nitrogens with zero attached hydrogens (tertiary/aromatic N) is 2. The summed E-state index contributed by atoms with van der Waals surface area (Å²) in [5, 5.41) is 7.16.